The molecule has 11 heteroatoms. The van der Waals surface area contributed by atoms with E-state index in [0.29, 0.717) is 29.2 Å². The fraction of sp³-hybridized carbons (Fsp3) is 0.200. The minimum Gasteiger partial charge on any atom is -0.497 e. The lowest BCUT2D eigenvalue weighted by atomic mass is 10.1. The van der Waals surface area contributed by atoms with Gasteiger partial charge < -0.3 is 14.6 Å². The number of halogens is 6. The number of hydrogen-bond acceptors (Lipinski definition) is 4. The molecule has 0 unspecified atom stereocenters. The van der Waals surface area contributed by atoms with Crippen LogP contribution in [0.1, 0.15) is 16.8 Å². The van der Waals surface area contributed by atoms with Crippen LogP contribution in [-0.2, 0) is 23.6 Å². The van der Waals surface area contributed by atoms with Crippen LogP contribution in [0.25, 0.3) is 11.3 Å². The van der Waals surface area contributed by atoms with Gasteiger partial charge in [0.1, 0.15) is 5.75 Å². The van der Waals surface area contributed by atoms with E-state index in [4.69, 9.17) is 9.26 Å². The van der Waals surface area contributed by atoms with E-state index in [1.807, 2.05) is 5.32 Å². The van der Waals surface area contributed by atoms with Gasteiger partial charge in [-0.25, -0.2) is 0 Å². The molecule has 3 aromatic rings. The highest BCUT2D eigenvalue weighted by molar-refractivity contribution is 5.92. The Morgan fingerprint density at radius 2 is 1.55 bits per heavy atom. The molecule has 0 bridgehead atoms. The highest BCUT2D eigenvalue weighted by atomic mass is 19.4. The second-order valence-electron chi connectivity index (χ2n) is 6.43. The highest BCUT2D eigenvalue weighted by Crippen LogP contribution is 2.37. The van der Waals surface area contributed by atoms with Crippen molar-refractivity contribution in [2.45, 2.75) is 18.8 Å². The van der Waals surface area contributed by atoms with Crippen molar-refractivity contribution < 1.29 is 40.4 Å². The van der Waals surface area contributed by atoms with E-state index in [1.165, 1.54) is 13.2 Å². The van der Waals surface area contributed by atoms with Gasteiger partial charge in [-0.3, -0.25) is 4.79 Å². The average Bonchev–Trinajstić information content (AvgIpc) is 3.14. The van der Waals surface area contributed by atoms with Crippen molar-refractivity contribution in [1.29, 1.82) is 0 Å². The Kier molecular flexibility index (Phi) is 5.96. The standard InChI is InChI=1S/C20H14F6N2O3/c1-30-16-4-2-11(3-5-16)17-9-15(28-31-17)10-18(29)27-14-7-12(19(21,22)23)6-13(8-14)20(24,25)26/h2-9H,10H2,1H3,(H,27,29). The Morgan fingerprint density at radius 3 is 2.06 bits per heavy atom. The molecule has 0 atom stereocenters. The number of methoxy groups -OCH3 is 1. The maximum atomic E-state index is 12.9. The summed E-state index contributed by atoms with van der Waals surface area (Å²) in [5.74, 6) is 0.0769. The molecule has 0 radical (unpaired) electrons. The fourth-order valence-corrected chi connectivity index (χ4v) is 2.68. The molecular formula is C20H14F6N2O3. The minimum atomic E-state index is -5.01. The zero-order valence-corrected chi connectivity index (χ0v) is 15.8. The number of nitrogens with one attached hydrogen (secondary N) is 1. The van der Waals surface area contributed by atoms with E-state index in [9.17, 15) is 31.1 Å². The number of carbonyl (C=O) groups excluding carboxylic acids is 1. The number of benzene rings is 2. The third kappa shape index (κ3) is 5.56. The normalized spacial score (nSPS) is 12.0. The molecule has 1 N–H and O–H groups in total. The van der Waals surface area contributed by atoms with Gasteiger partial charge >= 0.3 is 12.4 Å². The molecule has 0 spiro atoms. The second-order valence-corrected chi connectivity index (χ2v) is 6.43. The van der Waals surface area contributed by atoms with E-state index in [2.05, 4.69) is 5.16 Å². The van der Waals surface area contributed by atoms with E-state index in [1.54, 1.807) is 24.3 Å². The predicted octanol–water partition coefficient (Wildman–Crippen LogP) is 5.57. The number of anilines is 1. The van der Waals surface area contributed by atoms with Gasteiger partial charge in [0.2, 0.25) is 5.91 Å². The van der Waals surface area contributed by atoms with Gasteiger partial charge in [-0.1, -0.05) is 5.16 Å². The summed E-state index contributed by atoms with van der Waals surface area (Å²) in [5.41, 5.74) is -2.91. The van der Waals surface area contributed by atoms with Gasteiger partial charge in [0.15, 0.2) is 5.76 Å². The van der Waals surface area contributed by atoms with Crippen molar-refractivity contribution in [3.05, 3.63) is 65.4 Å². The fourth-order valence-electron chi connectivity index (χ4n) is 2.68. The van der Waals surface area contributed by atoms with Gasteiger partial charge in [-0.05, 0) is 42.5 Å². The first kappa shape index (κ1) is 22.2. The summed E-state index contributed by atoms with van der Waals surface area (Å²) in [6.45, 7) is 0. The molecule has 0 aliphatic heterocycles. The average molecular weight is 444 g/mol. The summed E-state index contributed by atoms with van der Waals surface area (Å²) in [4.78, 5) is 12.2. The van der Waals surface area contributed by atoms with Gasteiger partial charge in [-0.15, -0.1) is 0 Å². The maximum Gasteiger partial charge on any atom is 0.416 e. The van der Waals surface area contributed by atoms with Crippen LogP contribution < -0.4 is 10.1 Å². The van der Waals surface area contributed by atoms with E-state index < -0.39 is 41.5 Å². The Balaban J connectivity index is 1.75. The van der Waals surface area contributed by atoms with Gasteiger partial charge in [0.05, 0.1) is 30.4 Å². The second kappa shape index (κ2) is 8.32. The molecule has 3 rings (SSSR count). The molecule has 0 aliphatic rings. The molecule has 2 aromatic carbocycles. The summed E-state index contributed by atoms with van der Waals surface area (Å²) >= 11 is 0. The van der Waals surface area contributed by atoms with Crippen LogP contribution in [-0.4, -0.2) is 18.2 Å². The summed E-state index contributed by atoms with van der Waals surface area (Å²) in [7, 11) is 1.50. The van der Waals surface area contributed by atoms with E-state index in [-0.39, 0.29) is 11.8 Å². The Bertz CT molecular complexity index is 1040. The Hall–Kier alpha value is -3.50. The Labute approximate surface area is 171 Å². The van der Waals surface area contributed by atoms with Crippen molar-refractivity contribution in [3.63, 3.8) is 0 Å². The summed E-state index contributed by atoms with van der Waals surface area (Å²) in [6, 6.07) is 9.00. The lowest BCUT2D eigenvalue weighted by Crippen LogP contribution is -2.17. The van der Waals surface area contributed by atoms with Crippen LogP contribution >= 0.6 is 0 Å². The number of carbonyl (C=O) groups is 1. The lowest BCUT2D eigenvalue weighted by molar-refractivity contribution is -0.143. The van der Waals surface area contributed by atoms with E-state index >= 15 is 0 Å². The zero-order chi connectivity index (χ0) is 22.8. The van der Waals surface area contributed by atoms with E-state index in [0.717, 1.165) is 0 Å². The molecule has 0 aliphatic carbocycles. The molecule has 0 fully saturated rings. The van der Waals surface area contributed by atoms with Crippen molar-refractivity contribution in [3.8, 4) is 17.1 Å². The van der Waals surface area contributed by atoms with Crippen LogP contribution in [0.4, 0.5) is 32.0 Å². The summed E-state index contributed by atoms with van der Waals surface area (Å²) in [5, 5.41) is 5.75. The largest absolute Gasteiger partial charge is 0.497 e. The zero-order valence-electron chi connectivity index (χ0n) is 15.8. The van der Waals surface area contributed by atoms with Crippen molar-refractivity contribution in [2.75, 3.05) is 12.4 Å². The predicted molar refractivity (Wildman–Crippen MR) is 97.3 cm³/mol. The molecule has 1 amide bonds. The number of ether oxygens (including phenoxy) is 1. The molecule has 1 aromatic heterocycles. The van der Waals surface area contributed by atoms with Gasteiger partial charge in [-0.2, -0.15) is 26.3 Å². The minimum absolute atomic E-state index is 0.0194. The first-order valence-corrected chi connectivity index (χ1v) is 8.65. The highest BCUT2D eigenvalue weighted by Gasteiger charge is 2.37. The van der Waals surface area contributed by atoms with Crippen molar-refractivity contribution >= 4 is 11.6 Å². The third-order valence-corrected chi connectivity index (χ3v) is 4.15. The number of rotatable bonds is 5. The van der Waals surface area contributed by atoms with Gasteiger partial charge in [0, 0.05) is 17.3 Å². The number of alkyl halides is 6. The molecule has 164 valence electrons. The van der Waals surface area contributed by atoms with Gasteiger partial charge in [0.25, 0.3) is 0 Å². The first-order chi connectivity index (χ1) is 14.5. The molecule has 0 saturated heterocycles. The number of amides is 1. The quantitative estimate of drug-likeness (QED) is 0.523. The molecule has 1 heterocycles. The van der Waals surface area contributed by atoms with Crippen LogP contribution in [0.2, 0.25) is 0 Å². The van der Waals surface area contributed by atoms with Crippen LogP contribution in [0.3, 0.4) is 0 Å². The summed E-state index contributed by atoms with van der Waals surface area (Å²) < 4.78 is 87.7. The van der Waals surface area contributed by atoms with Crippen molar-refractivity contribution in [2.24, 2.45) is 0 Å². The Morgan fingerprint density at radius 1 is 0.968 bits per heavy atom. The van der Waals surface area contributed by atoms with Crippen molar-refractivity contribution in [1.82, 2.24) is 5.16 Å². The monoisotopic (exact) mass is 444 g/mol. The molecule has 31 heavy (non-hydrogen) atoms. The maximum absolute atomic E-state index is 12.9. The SMILES string of the molecule is COc1ccc(-c2cc(CC(=O)Nc3cc(C(F)(F)F)cc(C(F)(F)F)c3)no2)cc1. The number of hydrogen-bond donors (Lipinski definition) is 1. The topological polar surface area (TPSA) is 64.4 Å². The first-order valence-electron chi connectivity index (χ1n) is 8.65. The van der Waals surface area contributed by atoms with Crippen LogP contribution in [0.5, 0.6) is 5.75 Å². The smallest absolute Gasteiger partial charge is 0.416 e. The number of aromatic nitrogens is 1. The van der Waals surface area contributed by atoms with Crippen LogP contribution in [0.15, 0.2) is 53.1 Å². The molecular weight excluding hydrogens is 430 g/mol. The lowest BCUT2D eigenvalue weighted by Gasteiger charge is -2.14. The summed E-state index contributed by atoms with van der Waals surface area (Å²) in [6.07, 6.45) is -10.4. The third-order valence-electron chi connectivity index (χ3n) is 4.15. The molecule has 0 saturated carbocycles. The molecule has 5 nitrogen and oxygen atoms in total. The number of nitrogens with zero attached hydrogens (tertiary/aromatic N) is 1. The van der Waals surface area contributed by atoms with Crippen LogP contribution in [0, 0.1) is 0 Å².